The highest BCUT2D eigenvalue weighted by molar-refractivity contribution is 7.80. The van der Waals surface area contributed by atoms with Crippen LogP contribution in [-0.2, 0) is 4.74 Å². The number of hydrogen-bond acceptors (Lipinski definition) is 6. The number of pyridine rings is 1. The average Bonchev–Trinajstić information content (AvgIpc) is 3.19. The Hall–Kier alpha value is -2.55. The number of carbonyl (C=O) groups excluding carboxylic acids is 1. The Morgan fingerprint density at radius 3 is 2.92 bits per heavy atom. The van der Waals surface area contributed by atoms with E-state index in [1.165, 1.54) is 23.9 Å². The maximum absolute atomic E-state index is 10.9. The van der Waals surface area contributed by atoms with Gasteiger partial charge in [0.05, 0.1) is 16.9 Å². The molecular weight excluding hydrogens is 328 g/mol. The van der Waals surface area contributed by atoms with Gasteiger partial charge in [-0.3, -0.25) is 0 Å². The summed E-state index contributed by atoms with van der Waals surface area (Å²) >= 11 is 5.33. The molecule has 1 atom stereocenters. The number of aromatic nitrogens is 4. The van der Waals surface area contributed by atoms with Gasteiger partial charge in [0.2, 0.25) is 0 Å². The van der Waals surface area contributed by atoms with Gasteiger partial charge in [0, 0.05) is 6.42 Å². The van der Waals surface area contributed by atoms with E-state index in [0.717, 1.165) is 23.0 Å². The minimum atomic E-state index is -0.867. The molecule has 0 spiro atoms. The number of carbonyl (C=O) groups is 1. The molecule has 2 heterocycles. The van der Waals surface area contributed by atoms with Crippen LogP contribution in [0.1, 0.15) is 38.1 Å². The van der Waals surface area contributed by atoms with E-state index in [-0.39, 0.29) is 0 Å². The van der Waals surface area contributed by atoms with Crippen molar-refractivity contribution >= 4 is 29.0 Å². The Labute approximate surface area is 144 Å². The number of anilines is 1. The van der Waals surface area contributed by atoms with Crippen LogP contribution < -0.4 is 11.1 Å². The largest absolute Gasteiger partial charge is 0.438 e. The predicted molar refractivity (Wildman–Crippen MR) is 91.8 cm³/mol. The number of rotatable bonds is 6. The van der Waals surface area contributed by atoms with Gasteiger partial charge in [-0.15, -0.1) is 0 Å². The molecule has 2 aromatic rings. The summed E-state index contributed by atoms with van der Waals surface area (Å²) in [5.74, 6) is 1.73. The average molecular weight is 346 g/mol. The molecule has 3 N–H and O–H groups in total. The van der Waals surface area contributed by atoms with Crippen molar-refractivity contribution in [3.05, 3.63) is 30.5 Å². The molecule has 1 aliphatic rings. The summed E-state index contributed by atoms with van der Waals surface area (Å²) in [6.45, 7) is 1.66. The Morgan fingerprint density at radius 2 is 2.29 bits per heavy atom. The zero-order valence-corrected chi connectivity index (χ0v) is 14.0. The standard InChI is InChI=1S/C15H18N6O2S/c1-9(23-15(16)22)14-18-8-19-21(14)12-5-4-11(7-17-12)20-13(24)6-10-2-3-10/h4-5,7-10H,2-3,6H2,1H3,(H2,16,22)(H,20,24)/t9-/m0/s1. The SMILES string of the molecule is C[C@H](OC(N)=O)c1ncnn1-c1ccc(NC(=S)CC2CC2)cn1. The summed E-state index contributed by atoms with van der Waals surface area (Å²) in [5, 5.41) is 7.30. The first kappa shape index (κ1) is 16.3. The Bertz CT molecular complexity index is 741. The Kier molecular flexibility index (Phi) is 4.70. The maximum atomic E-state index is 10.9. The van der Waals surface area contributed by atoms with E-state index in [0.29, 0.717) is 11.6 Å². The lowest BCUT2D eigenvalue weighted by Gasteiger charge is -2.12. The molecule has 8 nitrogen and oxygen atoms in total. The third-order valence-corrected chi connectivity index (χ3v) is 3.92. The van der Waals surface area contributed by atoms with Crippen molar-refractivity contribution < 1.29 is 9.53 Å². The Morgan fingerprint density at radius 1 is 1.50 bits per heavy atom. The quantitative estimate of drug-likeness (QED) is 0.773. The van der Waals surface area contributed by atoms with E-state index in [4.69, 9.17) is 22.7 Å². The van der Waals surface area contributed by atoms with Crippen LogP contribution in [0.4, 0.5) is 10.5 Å². The number of hydrogen-bond donors (Lipinski definition) is 2. The monoisotopic (exact) mass is 346 g/mol. The number of nitrogens with one attached hydrogen (secondary N) is 1. The van der Waals surface area contributed by atoms with Gasteiger partial charge in [-0.1, -0.05) is 12.2 Å². The molecule has 9 heteroatoms. The molecule has 126 valence electrons. The molecule has 24 heavy (non-hydrogen) atoms. The van der Waals surface area contributed by atoms with Crippen LogP contribution in [0, 0.1) is 5.92 Å². The molecule has 1 fully saturated rings. The van der Waals surface area contributed by atoms with Gasteiger partial charge in [-0.05, 0) is 37.8 Å². The lowest BCUT2D eigenvalue weighted by molar-refractivity contribution is 0.110. The lowest BCUT2D eigenvalue weighted by atomic mass is 10.3. The number of nitrogens with zero attached hydrogens (tertiary/aromatic N) is 4. The van der Waals surface area contributed by atoms with Crippen LogP contribution in [-0.4, -0.2) is 30.8 Å². The van der Waals surface area contributed by atoms with E-state index >= 15 is 0 Å². The first-order valence-electron chi connectivity index (χ1n) is 7.65. The fourth-order valence-corrected chi connectivity index (χ4v) is 2.67. The molecule has 3 rings (SSSR count). The van der Waals surface area contributed by atoms with Crippen LogP contribution in [0.2, 0.25) is 0 Å². The van der Waals surface area contributed by atoms with E-state index in [2.05, 4.69) is 20.4 Å². The second-order valence-electron chi connectivity index (χ2n) is 5.71. The van der Waals surface area contributed by atoms with Crippen LogP contribution in [0.3, 0.4) is 0 Å². The first-order valence-corrected chi connectivity index (χ1v) is 8.06. The highest BCUT2D eigenvalue weighted by atomic mass is 32.1. The summed E-state index contributed by atoms with van der Waals surface area (Å²) in [5.41, 5.74) is 5.86. The zero-order valence-electron chi connectivity index (χ0n) is 13.2. The summed E-state index contributed by atoms with van der Waals surface area (Å²) < 4.78 is 6.43. The molecule has 1 saturated carbocycles. The highest BCUT2D eigenvalue weighted by Crippen LogP contribution is 2.32. The van der Waals surface area contributed by atoms with Crippen molar-refractivity contribution in [3.63, 3.8) is 0 Å². The fourth-order valence-electron chi connectivity index (χ4n) is 2.31. The van der Waals surface area contributed by atoms with Crippen molar-refractivity contribution in [2.45, 2.75) is 32.3 Å². The van der Waals surface area contributed by atoms with Gasteiger partial charge in [-0.25, -0.2) is 14.8 Å². The molecule has 1 amide bonds. The molecule has 0 aliphatic heterocycles. The molecular formula is C15H18N6O2S. The molecule has 2 aromatic heterocycles. The highest BCUT2D eigenvalue weighted by Gasteiger charge is 2.22. The zero-order chi connectivity index (χ0) is 17.1. The summed E-state index contributed by atoms with van der Waals surface area (Å²) in [4.78, 5) is 20.2. The van der Waals surface area contributed by atoms with Gasteiger partial charge in [-0.2, -0.15) is 9.78 Å². The maximum Gasteiger partial charge on any atom is 0.405 e. The minimum Gasteiger partial charge on any atom is -0.438 e. The minimum absolute atomic E-state index is 0.436. The third kappa shape index (κ3) is 4.05. The second-order valence-corrected chi connectivity index (χ2v) is 6.20. The van der Waals surface area contributed by atoms with Crippen LogP contribution >= 0.6 is 12.2 Å². The van der Waals surface area contributed by atoms with Crippen LogP contribution in [0.5, 0.6) is 0 Å². The topological polar surface area (TPSA) is 108 Å². The number of ether oxygens (including phenoxy) is 1. The lowest BCUT2D eigenvalue weighted by Crippen LogP contribution is -2.18. The molecule has 0 saturated heterocycles. The molecule has 0 radical (unpaired) electrons. The van der Waals surface area contributed by atoms with Crippen LogP contribution in [0.15, 0.2) is 24.7 Å². The smallest absolute Gasteiger partial charge is 0.405 e. The van der Waals surface area contributed by atoms with Gasteiger partial charge < -0.3 is 15.8 Å². The molecule has 1 aliphatic carbocycles. The summed E-state index contributed by atoms with van der Waals surface area (Å²) in [7, 11) is 0. The van der Waals surface area contributed by atoms with E-state index < -0.39 is 12.2 Å². The van der Waals surface area contributed by atoms with Crippen molar-refractivity contribution in [3.8, 4) is 5.82 Å². The van der Waals surface area contributed by atoms with Gasteiger partial charge >= 0.3 is 6.09 Å². The number of amides is 1. The molecule has 0 bridgehead atoms. The first-order chi connectivity index (χ1) is 11.5. The number of thiocarbonyl (C=S) groups is 1. The summed E-state index contributed by atoms with van der Waals surface area (Å²) in [6, 6.07) is 3.66. The van der Waals surface area contributed by atoms with Crippen molar-refractivity contribution in [2.75, 3.05) is 5.32 Å². The van der Waals surface area contributed by atoms with Gasteiger partial charge in [0.1, 0.15) is 6.33 Å². The van der Waals surface area contributed by atoms with Gasteiger partial charge in [0.15, 0.2) is 17.7 Å². The van der Waals surface area contributed by atoms with E-state index in [1.54, 1.807) is 19.2 Å². The van der Waals surface area contributed by atoms with Crippen molar-refractivity contribution in [1.82, 2.24) is 19.7 Å². The normalized spacial score (nSPS) is 14.9. The molecule has 0 unspecified atom stereocenters. The molecule has 0 aromatic carbocycles. The predicted octanol–water partition coefficient (Wildman–Crippen LogP) is 2.36. The third-order valence-electron chi connectivity index (χ3n) is 3.65. The number of nitrogens with two attached hydrogens (primary N) is 1. The fraction of sp³-hybridized carbons (Fsp3) is 0.400. The van der Waals surface area contributed by atoms with Crippen LogP contribution in [0.25, 0.3) is 5.82 Å². The summed E-state index contributed by atoms with van der Waals surface area (Å²) in [6.07, 6.45) is 5.00. The Balaban J connectivity index is 1.70. The second kappa shape index (κ2) is 6.91. The van der Waals surface area contributed by atoms with E-state index in [1.807, 2.05) is 6.07 Å². The number of primary amides is 1. The van der Waals surface area contributed by atoms with E-state index in [9.17, 15) is 4.79 Å². The van der Waals surface area contributed by atoms with Gasteiger partial charge in [0.25, 0.3) is 0 Å². The van der Waals surface area contributed by atoms with Crippen molar-refractivity contribution in [2.24, 2.45) is 11.7 Å². The van der Waals surface area contributed by atoms with Crippen molar-refractivity contribution in [1.29, 1.82) is 0 Å².